The van der Waals surface area contributed by atoms with E-state index in [0.29, 0.717) is 17.9 Å². The van der Waals surface area contributed by atoms with E-state index in [1.807, 2.05) is 48.5 Å². The predicted octanol–water partition coefficient (Wildman–Crippen LogP) is 11.7. The van der Waals surface area contributed by atoms with Crippen LogP contribution in [-0.4, -0.2) is 5.72 Å². The lowest BCUT2D eigenvalue weighted by atomic mass is 10.0. The molecule has 0 spiro atoms. The molecular weight excluding hydrogens is 603 g/mol. The molecule has 0 amide bonds. The molecule has 0 aliphatic heterocycles. The molecule has 49 heavy (non-hydrogen) atoms. The highest BCUT2D eigenvalue weighted by Gasteiger charge is 2.31. The molecular formula is C44H39N3O2. The number of hydrogen-bond acceptors (Lipinski definition) is 5. The molecule has 242 valence electrons. The first-order valence-electron chi connectivity index (χ1n) is 16.6. The maximum Gasteiger partial charge on any atom is 0.204 e. The average molecular weight is 642 g/mol. The van der Waals surface area contributed by atoms with Gasteiger partial charge in [0, 0.05) is 46.6 Å². The maximum absolute atomic E-state index is 6.76. The fraction of sp³-hybridized carbons (Fsp3) is 0.0909. The van der Waals surface area contributed by atoms with Crippen molar-refractivity contribution in [1.82, 2.24) is 0 Å². The Morgan fingerprint density at radius 1 is 0.551 bits per heavy atom. The van der Waals surface area contributed by atoms with E-state index in [1.165, 1.54) is 11.1 Å². The molecule has 5 nitrogen and oxygen atoms in total. The molecule has 0 saturated heterocycles. The van der Waals surface area contributed by atoms with Crippen molar-refractivity contribution in [2.24, 2.45) is 0 Å². The minimum absolute atomic E-state index is 0.609. The number of allylic oxidation sites excluding steroid dienone is 1. The van der Waals surface area contributed by atoms with Gasteiger partial charge in [0.25, 0.3) is 0 Å². The maximum atomic E-state index is 6.76. The summed E-state index contributed by atoms with van der Waals surface area (Å²) in [4.78, 5) is 2.23. The molecule has 5 heteroatoms. The van der Waals surface area contributed by atoms with E-state index in [0.717, 1.165) is 39.9 Å². The summed E-state index contributed by atoms with van der Waals surface area (Å²) in [6.45, 7) is 4.18. The molecule has 0 aromatic heterocycles. The SMILES string of the molecule is Cc1ccc(NC2=CCC(Nc3ccc(C)cc3)(Oc3cccc(Oc4ccc(N(c5ccccc5)c5ccccc5)cc4)c3)C=C2)cc1. The van der Waals surface area contributed by atoms with E-state index in [2.05, 4.69) is 157 Å². The number of rotatable bonds is 11. The van der Waals surface area contributed by atoms with Crippen molar-refractivity contribution in [3.8, 4) is 17.2 Å². The Morgan fingerprint density at radius 2 is 1.12 bits per heavy atom. The van der Waals surface area contributed by atoms with Gasteiger partial charge in [-0.25, -0.2) is 0 Å². The molecule has 0 saturated carbocycles. The summed E-state index contributed by atoms with van der Waals surface area (Å²) in [6, 6.07) is 53.5. The van der Waals surface area contributed by atoms with Gasteiger partial charge in [0.2, 0.25) is 5.72 Å². The first kappa shape index (κ1) is 31.4. The van der Waals surface area contributed by atoms with Crippen LogP contribution in [0.25, 0.3) is 0 Å². The van der Waals surface area contributed by atoms with Gasteiger partial charge in [-0.2, -0.15) is 0 Å². The molecule has 1 unspecified atom stereocenters. The molecule has 0 bridgehead atoms. The summed E-state index contributed by atoms with van der Waals surface area (Å²) in [7, 11) is 0. The molecule has 1 aliphatic carbocycles. The second-order valence-corrected chi connectivity index (χ2v) is 12.2. The topological polar surface area (TPSA) is 45.8 Å². The van der Waals surface area contributed by atoms with E-state index >= 15 is 0 Å². The van der Waals surface area contributed by atoms with Crippen LogP contribution in [0.15, 0.2) is 182 Å². The third-order valence-corrected chi connectivity index (χ3v) is 8.37. The number of benzene rings is 6. The normalized spacial score (nSPS) is 15.2. The third kappa shape index (κ3) is 7.86. The summed E-state index contributed by atoms with van der Waals surface area (Å²) < 4.78 is 13.1. The van der Waals surface area contributed by atoms with Crippen LogP contribution >= 0.6 is 0 Å². The van der Waals surface area contributed by atoms with Crippen molar-refractivity contribution in [3.63, 3.8) is 0 Å². The summed E-state index contributed by atoms with van der Waals surface area (Å²) in [6.07, 6.45) is 6.93. The minimum Gasteiger partial charge on any atom is -0.464 e. The Morgan fingerprint density at radius 3 is 1.71 bits per heavy atom. The second-order valence-electron chi connectivity index (χ2n) is 12.2. The molecule has 0 radical (unpaired) electrons. The first-order valence-corrected chi connectivity index (χ1v) is 16.6. The Labute approximate surface area is 288 Å². The lowest BCUT2D eigenvalue weighted by molar-refractivity contribution is 0.151. The van der Waals surface area contributed by atoms with Crippen molar-refractivity contribution in [1.29, 1.82) is 0 Å². The van der Waals surface area contributed by atoms with E-state index in [4.69, 9.17) is 9.47 Å². The van der Waals surface area contributed by atoms with Crippen LogP contribution < -0.4 is 25.0 Å². The van der Waals surface area contributed by atoms with E-state index in [1.54, 1.807) is 0 Å². The van der Waals surface area contributed by atoms with Crippen molar-refractivity contribution < 1.29 is 9.47 Å². The van der Waals surface area contributed by atoms with Crippen LogP contribution in [0.2, 0.25) is 0 Å². The third-order valence-electron chi connectivity index (χ3n) is 8.37. The standard InChI is InChI=1S/C44H39N3O2/c1-33-16-20-35(21-17-33)45-36-28-30-44(31-29-36,46-37-22-18-34(2)19-23-37)49-43-15-9-14-42(32-43)48-41-26-24-40(25-27-41)47(38-10-5-3-6-11-38)39-12-7-4-8-13-39/h3-30,32,45-46H,31H2,1-2H3. The Bertz CT molecular complexity index is 2000. The summed E-state index contributed by atoms with van der Waals surface area (Å²) in [5, 5.41) is 7.16. The minimum atomic E-state index is -0.799. The Kier molecular flexibility index (Phi) is 9.15. The zero-order valence-corrected chi connectivity index (χ0v) is 27.7. The molecule has 6 aromatic carbocycles. The van der Waals surface area contributed by atoms with Gasteiger partial charge >= 0.3 is 0 Å². The van der Waals surface area contributed by atoms with E-state index < -0.39 is 5.72 Å². The largest absolute Gasteiger partial charge is 0.464 e. The monoisotopic (exact) mass is 641 g/mol. The van der Waals surface area contributed by atoms with Crippen molar-refractivity contribution in [2.75, 3.05) is 15.5 Å². The molecule has 1 atom stereocenters. The zero-order chi connectivity index (χ0) is 33.5. The van der Waals surface area contributed by atoms with E-state index in [-0.39, 0.29) is 0 Å². The van der Waals surface area contributed by atoms with Crippen LogP contribution in [-0.2, 0) is 0 Å². The van der Waals surface area contributed by atoms with Gasteiger partial charge in [0.1, 0.15) is 17.2 Å². The number of ether oxygens (including phenoxy) is 2. The van der Waals surface area contributed by atoms with Gasteiger partial charge in [-0.15, -0.1) is 0 Å². The summed E-state index contributed by atoms with van der Waals surface area (Å²) in [5.41, 5.74) is 7.90. The van der Waals surface area contributed by atoms with Gasteiger partial charge in [0.05, 0.1) is 0 Å². The molecule has 7 rings (SSSR count). The Hall–Kier alpha value is -6.20. The number of para-hydroxylation sites is 2. The molecule has 0 heterocycles. The van der Waals surface area contributed by atoms with Gasteiger partial charge in [-0.05, 0) is 111 Å². The Balaban J connectivity index is 1.09. The first-order chi connectivity index (χ1) is 24.0. The van der Waals surface area contributed by atoms with Crippen LogP contribution in [0.5, 0.6) is 17.2 Å². The van der Waals surface area contributed by atoms with Crippen LogP contribution in [0, 0.1) is 13.8 Å². The summed E-state index contributed by atoms with van der Waals surface area (Å²) in [5.74, 6) is 2.12. The highest BCUT2D eigenvalue weighted by molar-refractivity contribution is 5.76. The van der Waals surface area contributed by atoms with Gasteiger partial charge in [-0.1, -0.05) is 83.9 Å². The van der Waals surface area contributed by atoms with Crippen LogP contribution in [0.1, 0.15) is 17.5 Å². The van der Waals surface area contributed by atoms with Crippen molar-refractivity contribution >= 4 is 28.4 Å². The quantitative estimate of drug-likeness (QED) is 0.138. The smallest absolute Gasteiger partial charge is 0.204 e. The van der Waals surface area contributed by atoms with E-state index in [9.17, 15) is 0 Å². The van der Waals surface area contributed by atoms with Crippen molar-refractivity contribution in [3.05, 3.63) is 193 Å². The fourth-order valence-corrected chi connectivity index (χ4v) is 5.81. The summed E-state index contributed by atoms with van der Waals surface area (Å²) >= 11 is 0. The average Bonchev–Trinajstić information content (AvgIpc) is 3.13. The van der Waals surface area contributed by atoms with Gasteiger partial charge < -0.3 is 25.0 Å². The van der Waals surface area contributed by atoms with Crippen LogP contribution in [0.3, 0.4) is 0 Å². The lowest BCUT2D eigenvalue weighted by Crippen LogP contribution is -2.43. The predicted molar refractivity (Wildman–Crippen MR) is 202 cm³/mol. The molecule has 2 N–H and O–H groups in total. The van der Waals surface area contributed by atoms with Crippen LogP contribution in [0.4, 0.5) is 28.4 Å². The molecule has 6 aromatic rings. The number of anilines is 5. The highest BCUT2D eigenvalue weighted by atomic mass is 16.5. The number of nitrogens with one attached hydrogen (secondary N) is 2. The van der Waals surface area contributed by atoms with Gasteiger partial charge in [0.15, 0.2) is 0 Å². The number of nitrogens with zero attached hydrogens (tertiary/aromatic N) is 1. The van der Waals surface area contributed by atoms with Crippen molar-refractivity contribution in [2.45, 2.75) is 26.0 Å². The number of hydrogen-bond donors (Lipinski definition) is 2. The number of aryl methyl sites for hydroxylation is 2. The fourth-order valence-electron chi connectivity index (χ4n) is 5.81. The van der Waals surface area contributed by atoms with Gasteiger partial charge in [-0.3, -0.25) is 0 Å². The second kappa shape index (κ2) is 14.3. The molecule has 1 aliphatic rings. The highest BCUT2D eigenvalue weighted by Crippen LogP contribution is 2.37. The molecule has 0 fully saturated rings. The zero-order valence-electron chi connectivity index (χ0n) is 27.7. The lowest BCUT2D eigenvalue weighted by Gasteiger charge is -2.35.